The molecule has 2 atom stereocenters. The van der Waals surface area contributed by atoms with E-state index in [1.165, 1.54) is 0 Å². The summed E-state index contributed by atoms with van der Waals surface area (Å²) in [6.07, 6.45) is 1.47. The first kappa shape index (κ1) is 23.5. The molecule has 1 saturated heterocycles. The SMILES string of the molecule is [B]N1CC(CO)CC(N(C(=O)c2ccc(OC)c(OCCCOC)c2)C(C)C)C1. The molecule has 0 saturated carbocycles. The number of hydrogen-bond donors (Lipinski definition) is 1. The normalized spacial score (nSPS) is 19.9. The van der Waals surface area contributed by atoms with Crippen LogP contribution in [0.2, 0.25) is 0 Å². The molecule has 0 aromatic heterocycles. The van der Waals surface area contributed by atoms with Gasteiger partial charge in [0, 0.05) is 50.9 Å². The van der Waals surface area contributed by atoms with E-state index in [1.54, 1.807) is 37.2 Å². The number of carbonyl (C=O) groups is 1. The van der Waals surface area contributed by atoms with E-state index in [0.717, 1.165) is 12.8 Å². The molecule has 1 aromatic rings. The summed E-state index contributed by atoms with van der Waals surface area (Å²) in [4.78, 5) is 17.0. The van der Waals surface area contributed by atoms with Crippen molar-refractivity contribution in [3.63, 3.8) is 0 Å². The highest BCUT2D eigenvalue weighted by Gasteiger charge is 2.33. The van der Waals surface area contributed by atoms with E-state index < -0.39 is 0 Å². The number of aliphatic hydroxyl groups excluding tert-OH is 1. The van der Waals surface area contributed by atoms with Crippen LogP contribution in [0, 0.1) is 5.92 Å². The lowest BCUT2D eigenvalue weighted by atomic mass is 9.90. The molecular weight excluding hydrogens is 371 g/mol. The van der Waals surface area contributed by atoms with Crippen molar-refractivity contribution >= 4 is 13.9 Å². The van der Waals surface area contributed by atoms with Crippen molar-refractivity contribution < 1.29 is 24.1 Å². The Morgan fingerprint density at radius 1 is 1.28 bits per heavy atom. The maximum atomic E-state index is 13.4. The van der Waals surface area contributed by atoms with Gasteiger partial charge < -0.3 is 29.0 Å². The van der Waals surface area contributed by atoms with Crippen molar-refractivity contribution in [1.29, 1.82) is 0 Å². The maximum absolute atomic E-state index is 13.4. The zero-order valence-corrected chi connectivity index (χ0v) is 18.0. The molecule has 1 aliphatic heterocycles. The summed E-state index contributed by atoms with van der Waals surface area (Å²) in [6, 6.07) is 5.17. The molecule has 2 radical (unpaired) electrons. The first-order valence-corrected chi connectivity index (χ1v) is 10.1. The van der Waals surface area contributed by atoms with Crippen molar-refractivity contribution in [1.82, 2.24) is 9.71 Å². The number of rotatable bonds is 10. The summed E-state index contributed by atoms with van der Waals surface area (Å²) in [7, 11) is 9.27. The second-order valence-electron chi connectivity index (χ2n) is 7.76. The van der Waals surface area contributed by atoms with E-state index in [1.807, 2.05) is 18.7 Å². The van der Waals surface area contributed by atoms with Crippen LogP contribution in [-0.2, 0) is 4.74 Å². The lowest BCUT2D eigenvalue weighted by molar-refractivity contribution is 0.0406. The van der Waals surface area contributed by atoms with Crippen LogP contribution < -0.4 is 9.47 Å². The Bertz CT molecular complexity index is 658. The fraction of sp³-hybridized carbons (Fsp3) is 0.667. The molecule has 0 bridgehead atoms. The molecule has 1 amide bonds. The molecule has 0 spiro atoms. The van der Waals surface area contributed by atoms with E-state index in [2.05, 4.69) is 0 Å². The van der Waals surface area contributed by atoms with Gasteiger partial charge in [0.1, 0.15) is 0 Å². The van der Waals surface area contributed by atoms with Crippen LogP contribution >= 0.6 is 0 Å². The van der Waals surface area contributed by atoms with Crippen LogP contribution in [-0.4, -0.2) is 87.9 Å². The van der Waals surface area contributed by atoms with E-state index in [0.29, 0.717) is 43.4 Å². The van der Waals surface area contributed by atoms with Crippen LogP contribution in [0.5, 0.6) is 11.5 Å². The summed E-state index contributed by atoms with van der Waals surface area (Å²) >= 11 is 0. The summed E-state index contributed by atoms with van der Waals surface area (Å²) in [6.45, 7) is 6.34. The second-order valence-corrected chi connectivity index (χ2v) is 7.76. The van der Waals surface area contributed by atoms with E-state index in [4.69, 9.17) is 22.2 Å². The maximum Gasteiger partial charge on any atom is 0.254 e. The van der Waals surface area contributed by atoms with Gasteiger partial charge in [-0.05, 0) is 50.9 Å². The van der Waals surface area contributed by atoms with Crippen LogP contribution in [0.4, 0.5) is 0 Å². The van der Waals surface area contributed by atoms with Gasteiger partial charge in [-0.2, -0.15) is 0 Å². The predicted molar refractivity (Wildman–Crippen MR) is 113 cm³/mol. The van der Waals surface area contributed by atoms with Crippen molar-refractivity contribution in [3.8, 4) is 11.5 Å². The zero-order chi connectivity index (χ0) is 21.4. The molecule has 29 heavy (non-hydrogen) atoms. The van der Waals surface area contributed by atoms with Crippen molar-refractivity contribution in [3.05, 3.63) is 23.8 Å². The molecule has 1 heterocycles. The molecular formula is C21H33BN2O5. The molecule has 0 aliphatic carbocycles. The number of benzene rings is 1. The first-order chi connectivity index (χ1) is 13.9. The highest BCUT2D eigenvalue weighted by Crippen LogP contribution is 2.30. The van der Waals surface area contributed by atoms with Crippen LogP contribution in [0.1, 0.15) is 37.0 Å². The van der Waals surface area contributed by atoms with E-state index in [-0.39, 0.29) is 30.5 Å². The minimum atomic E-state index is -0.0821. The summed E-state index contributed by atoms with van der Waals surface area (Å²) < 4.78 is 16.2. The highest BCUT2D eigenvalue weighted by atomic mass is 16.5. The quantitative estimate of drug-likeness (QED) is 0.473. The lowest BCUT2D eigenvalue weighted by Crippen LogP contribution is -2.54. The smallest absolute Gasteiger partial charge is 0.254 e. The Hall–Kier alpha value is -1.77. The average Bonchev–Trinajstić information content (AvgIpc) is 2.70. The molecule has 2 rings (SSSR count). The van der Waals surface area contributed by atoms with Crippen LogP contribution in [0.15, 0.2) is 18.2 Å². The Balaban J connectivity index is 2.22. The average molecular weight is 404 g/mol. The Morgan fingerprint density at radius 3 is 2.66 bits per heavy atom. The Morgan fingerprint density at radius 2 is 2.03 bits per heavy atom. The van der Waals surface area contributed by atoms with Gasteiger partial charge in [-0.15, -0.1) is 0 Å². The number of ether oxygens (including phenoxy) is 3. The summed E-state index contributed by atoms with van der Waals surface area (Å²) in [5.74, 6) is 1.10. The monoisotopic (exact) mass is 404 g/mol. The number of carbonyl (C=O) groups excluding carboxylic acids is 1. The van der Waals surface area contributed by atoms with Gasteiger partial charge in [-0.3, -0.25) is 4.79 Å². The molecule has 1 N–H and O–H groups in total. The van der Waals surface area contributed by atoms with Crippen molar-refractivity contribution in [2.75, 3.05) is 47.1 Å². The fourth-order valence-corrected chi connectivity index (χ4v) is 3.82. The van der Waals surface area contributed by atoms with Gasteiger partial charge in [0.15, 0.2) is 19.5 Å². The minimum Gasteiger partial charge on any atom is -0.493 e. The third-order valence-electron chi connectivity index (χ3n) is 5.15. The third-order valence-corrected chi connectivity index (χ3v) is 5.15. The fourth-order valence-electron chi connectivity index (χ4n) is 3.82. The molecule has 1 aromatic carbocycles. The number of methoxy groups -OCH3 is 2. The van der Waals surface area contributed by atoms with Gasteiger partial charge >= 0.3 is 0 Å². The number of nitrogens with zero attached hydrogens (tertiary/aromatic N) is 2. The second kappa shape index (κ2) is 11.4. The molecule has 160 valence electrons. The third kappa shape index (κ3) is 6.36. The summed E-state index contributed by atoms with van der Waals surface area (Å²) in [5.41, 5.74) is 0.538. The van der Waals surface area contributed by atoms with Gasteiger partial charge in [-0.1, -0.05) is 0 Å². The molecule has 2 unspecified atom stereocenters. The van der Waals surface area contributed by atoms with E-state index in [9.17, 15) is 9.90 Å². The Labute approximate surface area is 175 Å². The van der Waals surface area contributed by atoms with Crippen LogP contribution in [0.3, 0.4) is 0 Å². The number of piperidine rings is 1. The van der Waals surface area contributed by atoms with Gasteiger partial charge in [0.25, 0.3) is 5.91 Å². The highest BCUT2D eigenvalue weighted by molar-refractivity contribution is 6.04. The minimum absolute atomic E-state index is 0.00786. The van der Waals surface area contributed by atoms with Crippen molar-refractivity contribution in [2.24, 2.45) is 5.92 Å². The topological polar surface area (TPSA) is 71.5 Å². The molecule has 1 aliphatic rings. The Kier molecular flexibility index (Phi) is 9.27. The zero-order valence-electron chi connectivity index (χ0n) is 18.0. The number of aliphatic hydroxyl groups is 1. The number of hydrogen-bond acceptors (Lipinski definition) is 6. The standard InChI is InChI=1S/C21H33BN2O5/c1-15(2)24(18-10-16(14-25)12-23(22)13-18)21(26)17-6-7-19(28-4)20(11-17)29-9-5-8-27-3/h6-7,11,15-16,18,25H,5,8-10,12-14H2,1-4H3. The van der Waals surface area contributed by atoms with Crippen LogP contribution in [0.25, 0.3) is 0 Å². The number of amides is 1. The van der Waals surface area contributed by atoms with Gasteiger partial charge in [0.2, 0.25) is 0 Å². The largest absolute Gasteiger partial charge is 0.493 e. The van der Waals surface area contributed by atoms with Crippen molar-refractivity contribution in [2.45, 2.75) is 38.8 Å². The first-order valence-electron chi connectivity index (χ1n) is 10.1. The molecule has 1 fully saturated rings. The lowest BCUT2D eigenvalue weighted by Gasteiger charge is -2.43. The van der Waals surface area contributed by atoms with E-state index >= 15 is 0 Å². The van der Waals surface area contributed by atoms with Gasteiger partial charge in [0.05, 0.1) is 13.7 Å². The summed E-state index contributed by atoms with van der Waals surface area (Å²) in [5, 5.41) is 9.59. The van der Waals surface area contributed by atoms with Gasteiger partial charge in [-0.25, -0.2) is 0 Å². The molecule has 8 heteroatoms. The predicted octanol–water partition coefficient (Wildman–Crippen LogP) is 1.73. The molecule has 7 nitrogen and oxygen atoms in total.